The molecule has 2 aliphatic rings. The largest absolute Gasteiger partial charge is 0.330 e. The molecule has 4 heterocycles. The first-order valence-electron chi connectivity index (χ1n) is 5.61. The quantitative estimate of drug-likeness (QED) is 0.710. The van der Waals surface area contributed by atoms with E-state index in [0.717, 1.165) is 12.2 Å². The summed E-state index contributed by atoms with van der Waals surface area (Å²) in [6.07, 6.45) is 0. The monoisotopic (exact) mass is 248 g/mol. The highest BCUT2D eigenvalue weighted by atomic mass is 32.1. The molecule has 2 aromatic heterocycles. The van der Waals surface area contributed by atoms with Gasteiger partial charge in [-0.25, -0.2) is 9.78 Å². The second kappa shape index (κ2) is 2.81. The lowest BCUT2D eigenvalue weighted by Gasteiger charge is -2.22. The summed E-state index contributed by atoms with van der Waals surface area (Å²) in [5.74, 6) is 0. The number of carbonyl (C=O) groups is 1. The van der Waals surface area contributed by atoms with E-state index in [9.17, 15) is 4.79 Å². The third-order valence-corrected chi connectivity index (χ3v) is 4.78. The van der Waals surface area contributed by atoms with E-state index in [-0.39, 0.29) is 12.1 Å². The van der Waals surface area contributed by atoms with E-state index in [1.807, 2.05) is 29.4 Å². The second-order valence-electron chi connectivity index (χ2n) is 4.71. The van der Waals surface area contributed by atoms with Crippen LogP contribution in [0.3, 0.4) is 0 Å². The van der Waals surface area contributed by atoms with E-state index in [2.05, 4.69) is 9.55 Å². The lowest BCUT2D eigenvalue weighted by atomic mass is 10.0. The number of aromatic nitrogens is 2. The van der Waals surface area contributed by atoms with E-state index >= 15 is 0 Å². The Labute approximate surface area is 102 Å². The number of urea groups is 1. The highest BCUT2D eigenvalue weighted by molar-refractivity contribution is 7.17. The highest BCUT2D eigenvalue weighted by Crippen LogP contribution is 2.42. The molecule has 0 aromatic carbocycles. The Morgan fingerprint density at radius 2 is 2.29 bits per heavy atom. The van der Waals surface area contributed by atoms with Gasteiger partial charge in [0.1, 0.15) is 0 Å². The zero-order valence-corrected chi connectivity index (χ0v) is 10.5. The molecule has 4 rings (SSSR count). The van der Waals surface area contributed by atoms with Crippen LogP contribution in [-0.2, 0) is 13.6 Å². The van der Waals surface area contributed by atoms with Gasteiger partial charge in [0.15, 0.2) is 5.65 Å². The average Bonchev–Trinajstić information content (AvgIpc) is 2.96. The molecule has 2 bridgehead atoms. The number of rotatable bonds is 0. The molecule has 2 amide bonds. The molecule has 1 unspecified atom stereocenters. The zero-order chi connectivity index (χ0) is 11.7. The first-order valence-corrected chi connectivity index (χ1v) is 6.49. The molecule has 0 saturated carbocycles. The summed E-state index contributed by atoms with van der Waals surface area (Å²) in [5.41, 5.74) is 5.49. The molecule has 6 heteroatoms. The summed E-state index contributed by atoms with van der Waals surface area (Å²) in [6, 6.07) is 0.347. The zero-order valence-electron chi connectivity index (χ0n) is 9.67. The van der Waals surface area contributed by atoms with E-state index in [1.165, 1.54) is 16.0 Å². The molecule has 0 radical (unpaired) electrons. The minimum atomic E-state index is 0.142. The Morgan fingerprint density at radius 1 is 1.47 bits per heavy atom. The fourth-order valence-electron chi connectivity index (χ4n) is 3.00. The van der Waals surface area contributed by atoms with E-state index < -0.39 is 0 Å². The van der Waals surface area contributed by atoms with Crippen molar-refractivity contribution in [1.29, 1.82) is 0 Å². The number of nitrogens with zero attached hydrogens (tertiary/aromatic N) is 4. The van der Waals surface area contributed by atoms with Crippen molar-refractivity contribution in [3.8, 4) is 0 Å². The Morgan fingerprint density at radius 3 is 3.12 bits per heavy atom. The molecule has 1 saturated heterocycles. The molecule has 17 heavy (non-hydrogen) atoms. The molecule has 88 valence electrons. The second-order valence-corrected chi connectivity index (χ2v) is 5.57. The van der Waals surface area contributed by atoms with Crippen molar-refractivity contribution in [3.63, 3.8) is 0 Å². The van der Waals surface area contributed by atoms with Crippen LogP contribution in [-0.4, -0.2) is 39.0 Å². The van der Waals surface area contributed by atoms with Crippen LogP contribution in [0.25, 0.3) is 10.3 Å². The maximum Gasteiger partial charge on any atom is 0.320 e. The van der Waals surface area contributed by atoms with Gasteiger partial charge in [-0.05, 0) is 0 Å². The van der Waals surface area contributed by atoms with Crippen molar-refractivity contribution < 1.29 is 4.79 Å². The normalized spacial score (nSPS) is 22.7. The lowest BCUT2D eigenvalue weighted by molar-refractivity contribution is 0.196. The van der Waals surface area contributed by atoms with Crippen molar-refractivity contribution in [2.45, 2.75) is 12.6 Å². The molecule has 0 N–H and O–H groups in total. The molecule has 0 spiro atoms. The number of thiazole rings is 1. The topological polar surface area (TPSA) is 41.4 Å². The number of carbonyl (C=O) groups excluding carboxylic acids is 1. The molecular formula is C11H12N4OS. The van der Waals surface area contributed by atoms with Gasteiger partial charge in [-0.2, -0.15) is 0 Å². The molecule has 1 fully saturated rings. The first kappa shape index (κ1) is 9.47. The number of fused-ring (bicyclic) bond motifs is 6. The Balaban J connectivity index is 2.05. The highest BCUT2D eigenvalue weighted by Gasteiger charge is 2.43. The fraction of sp³-hybridized carbons (Fsp3) is 0.455. The molecule has 1 atom stereocenters. The van der Waals surface area contributed by atoms with E-state index in [0.29, 0.717) is 6.54 Å². The Bertz CT molecular complexity index is 643. The van der Waals surface area contributed by atoms with Gasteiger partial charge < -0.3 is 14.4 Å². The molecule has 2 aromatic rings. The van der Waals surface area contributed by atoms with Crippen LogP contribution in [0.5, 0.6) is 0 Å². The van der Waals surface area contributed by atoms with Gasteiger partial charge in [0.2, 0.25) is 0 Å². The van der Waals surface area contributed by atoms with Gasteiger partial charge in [-0.15, -0.1) is 11.3 Å². The Kier molecular flexibility index (Phi) is 1.57. The number of hydrogen-bond donors (Lipinski definition) is 0. The van der Waals surface area contributed by atoms with E-state index in [4.69, 9.17) is 0 Å². The van der Waals surface area contributed by atoms with Crippen LogP contribution in [0.1, 0.15) is 17.3 Å². The van der Waals surface area contributed by atoms with Crippen LogP contribution < -0.4 is 0 Å². The van der Waals surface area contributed by atoms with Crippen molar-refractivity contribution in [2.24, 2.45) is 7.05 Å². The van der Waals surface area contributed by atoms with Gasteiger partial charge in [0.25, 0.3) is 0 Å². The van der Waals surface area contributed by atoms with Crippen molar-refractivity contribution in [1.82, 2.24) is 19.4 Å². The standard InChI is InChI=1S/C11H12N4OS/c1-13-6-3-15-4-7(14(2)11(15)16)8(6)9-10(13)12-5-17-9/h5,7H,3-4H2,1-2H3. The van der Waals surface area contributed by atoms with Gasteiger partial charge in [-0.3, -0.25) is 0 Å². The van der Waals surface area contributed by atoms with Crippen LogP contribution in [0.4, 0.5) is 4.79 Å². The van der Waals surface area contributed by atoms with E-state index in [1.54, 1.807) is 11.3 Å². The molecule has 0 aliphatic carbocycles. The third-order valence-electron chi connectivity index (χ3n) is 3.93. The minimum Gasteiger partial charge on any atom is -0.330 e. The third kappa shape index (κ3) is 0.952. The maximum absolute atomic E-state index is 12.0. The molecule has 5 nitrogen and oxygen atoms in total. The van der Waals surface area contributed by atoms with Crippen LogP contribution in [0, 0.1) is 0 Å². The maximum atomic E-state index is 12.0. The number of likely N-dealkylation sites (N-methyl/N-ethyl adjacent to an activating group) is 1. The summed E-state index contributed by atoms with van der Waals surface area (Å²) >= 11 is 1.68. The van der Waals surface area contributed by atoms with Gasteiger partial charge in [0, 0.05) is 31.9 Å². The van der Waals surface area contributed by atoms with Gasteiger partial charge >= 0.3 is 6.03 Å². The summed E-state index contributed by atoms with van der Waals surface area (Å²) in [6.45, 7) is 1.54. The predicted octanol–water partition coefficient (Wildman–Crippen LogP) is 1.56. The van der Waals surface area contributed by atoms with Crippen LogP contribution >= 0.6 is 11.3 Å². The van der Waals surface area contributed by atoms with Crippen LogP contribution in [0.15, 0.2) is 5.51 Å². The van der Waals surface area contributed by atoms with Gasteiger partial charge in [0.05, 0.1) is 22.8 Å². The predicted molar refractivity (Wildman–Crippen MR) is 64.9 cm³/mol. The number of hydrogen-bond acceptors (Lipinski definition) is 3. The summed E-state index contributed by atoms with van der Waals surface area (Å²) < 4.78 is 3.38. The summed E-state index contributed by atoms with van der Waals surface area (Å²) in [7, 11) is 3.93. The van der Waals surface area contributed by atoms with Crippen molar-refractivity contribution in [3.05, 3.63) is 16.8 Å². The average molecular weight is 248 g/mol. The Hall–Kier alpha value is -1.56. The van der Waals surface area contributed by atoms with Crippen molar-refractivity contribution in [2.75, 3.05) is 13.6 Å². The SMILES string of the molecule is CN1C(=O)N2Cc3c(c4scnc4n3C)C1C2. The number of aryl methyl sites for hydroxylation is 1. The lowest BCUT2D eigenvalue weighted by Crippen LogP contribution is -2.29. The fourth-order valence-corrected chi connectivity index (χ4v) is 3.94. The minimum absolute atomic E-state index is 0.142. The summed E-state index contributed by atoms with van der Waals surface area (Å²) in [4.78, 5) is 20.1. The molecule has 2 aliphatic heterocycles. The van der Waals surface area contributed by atoms with Crippen molar-refractivity contribution >= 4 is 27.7 Å². The first-order chi connectivity index (χ1) is 8.18. The molecular weight excluding hydrogens is 236 g/mol. The number of amides is 2. The van der Waals surface area contributed by atoms with Crippen LogP contribution in [0.2, 0.25) is 0 Å². The van der Waals surface area contributed by atoms with Gasteiger partial charge in [-0.1, -0.05) is 0 Å². The summed E-state index contributed by atoms with van der Waals surface area (Å²) in [5, 5.41) is 0. The smallest absolute Gasteiger partial charge is 0.320 e.